The predicted octanol–water partition coefficient (Wildman–Crippen LogP) is 4.55. The second kappa shape index (κ2) is 8.67. The van der Waals surface area contributed by atoms with Gasteiger partial charge in [-0.25, -0.2) is 0 Å². The fraction of sp³-hybridized carbons (Fsp3) is 0.192. The summed E-state index contributed by atoms with van der Waals surface area (Å²) in [5.74, 6) is -0.164. The van der Waals surface area contributed by atoms with E-state index in [1.165, 1.54) is 4.90 Å². The van der Waals surface area contributed by atoms with Crippen LogP contribution in [0, 0.1) is 27.7 Å². The molecule has 0 atom stereocenters. The zero-order valence-electron chi connectivity index (χ0n) is 19.2. The number of anilines is 1. The number of ether oxygens (including phenoxy) is 1. The van der Waals surface area contributed by atoms with Crippen molar-refractivity contribution in [3.63, 3.8) is 0 Å². The monoisotopic (exact) mass is 459 g/mol. The highest BCUT2D eigenvalue weighted by atomic mass is 32.1. The second-order valence-corrected chi connectivity index (χ2v) is 8.42. The number of nitrogens with one attached hydrogen (secondary N) is 1. The Morgan fingerprint density at radius 1 is 1.00 bits per heavy atom. The van der Waals surface area contributed by atoms with Crippen molar-refractivity contribution in [3.8, 4) is 11.4 Å². The van der Waals surface area contributed by atoms with Gasteiger partial charge in [-0.2, -0.15) is 0 Å². The van der Waals surface area contributed by atoms with Gasteiger partial charge in [-0.1, -0.05) is 12.1 Å². The third kappa shape index (κ3) is 3.96. The van der Waals surface area contributed by atoms with Crippen LogP contribution in [0.3, 0.4) is 0 Å². The van der Waals surface area contributed by atoms with Crippen LogP contribution in [0.5, 0.6) is 5.75 Å². The average molecular weight is 460 g/mol. The number of carbonyl (C=O) groups excluding carboxylic acids is 2. The number of hydrogen-bond acceptors (Lipinski definition) is 4. The molecule has 1 N–H and O–H groups in total. The van der Waals surface area contributed by atoms with Crippen LogP contribution >= 0.6 is 12.2 Å². The molecule has 0 radical (unpaired) electrons. The Morgan fingerprint density at radius 3 is 2.36 bits per heavy atom. The van der Waals surface area contributed by atoms with Crippen LogP contribution in [0.4, 0.5) is 5.69 Å². The molecular formula is C26H25N3O3S. The highest BCUT2D eigenvalue weighted by Crippen LogP contribution is 2.29. The topological polar surface area (TPSA) is 63.6 Å². The van der Waals surface area contributed by atoms with E-state index in [1.54, 1.807) is 13.2 Å². The largest absolute Gasteiger partial charge is 0.497 e. The minimum absolute atomic E-state index is 0.0412. The van der Waals surface area contributed by atoms with E-state index >= 15 is 0 Å². The van der Waals surface area contributed by atoms with Crippen LogP contribution in [0.2, 0.25) is 0 Å². The molecule has 1 fully saturated rings. The fourth-order valence-corrected chi connectivity index (χ4v) is 4.35. The molecule has 4 rings (SSSR count). The summed E-state index contributed by atoms with van der Waals surface area (Å²) in [6.07, 6.45) is 1.64. The molecule has 2 heterocycles. The summed E-state index contributed by atoms with van der Waals surface area (Å²) < 4.78 is 7.32. The molecule has 33 heavy (non-hydrogen) atoms. The Hall–Kier alpha value is -3.71. The molecule has 0 saturated carbocycles. The van der Waals surface area contributed by atoms with Gasteiger partial charge in [0.05, 0.1) is 12.8 Å². The number of aromatic nitrogens is 1. The van der Waals surface area contributed by atoms with Crippen molar-refractivity contribution < 1.29 is 14.3 Å². The van der Waals surface area contributed by atoms with Gasteiger partial charge in [0.1, 0.15) is 11.3 Å². The van der Waals surface area contributed by atoms with Crippen molar-refractivity contribution in [1.82, 2.24) is 9.88 Å². The first-order valence-corrected chi connectivity index (χ1v) is 10.9. The lowest BCUT2D eigenvalue weighted by molar-refractivity contribution is -0.122. The maximum Gasteiger partial charge on any atom is 0.270 e. The smallest absolute Gasteiger partial charge is 0.270 e. The van der Waals surface area contributed by atoms with E-state index in [9.17, 15) is 9.59 Å². The summed E-state index contributed by atoms with van der Waals surface area (Å²) >= 11 is 5.35. The van der Waals surface area contributed by atoms with Gasteiger partial charge in [0.2, 0.25) is 0 Å². The average Bonchev–Trinajstić information content (AvgIpc) is 3.06. The maximum absolute atomic E-state index is 13.4. The Bertz CT molecular complexity index is 1320. The number of nitrogens with zero attached hydrogens (tertiary/aromatic N) is 2. The lowest BCUT2D eigenvalue weighted by atomic mass is 10.0. The molecule has 3 aromatic rings. The van der Waals surface area contributed by atoms with Crippen LogP contribution in [-0.4, -0.2) is 28.6 Å². The summed E-state index contributed by atoms with van der Waals surface area (Å²) in [4.78, 5) is 27.6. The van der Waals surface area contributed by atoms with Gasteiger partial charge in [0, 0.05) is 17.1 Å². The first-order chi connectivity index (χ1) is 15.7. The highest BCUT2D eigenvalue weighted by Gasteiger charge is 2.35. The van der Waals surface area contributed by atoms with E-state index in [2.05, 4.69) is 9.88 Å². The zero-order valence-corrected chi connectivity index (χ0v) is 20.0. The third-order valence-electron chi connectivity index (χ3n) is 6.02. The van der Waals surface area contributed by atoms with Crippen LogP contribution < -0.4 is 15.0 Å². The molecule has 1 aliphatic rings. The molecule has 0 bridgehead atoms. The lowest BCUT2D eigenvalue weighted by Crippen LogP contribution is -2.54. The van der Waals surface area contributed by atoms with Gasteiger partial charge in [0.25, 0.3) is 11.8 Å². The zero-order chi connectivity index (χ0) is 23.9. The molecule has 1 aromatic heterocycles. The molecule has 168 valence electrons. The van der Waals surface area contributed by atoms with E-state index in [0.717, 1.165) is 39.5 Å². The summed E-state index contributed by atoms with van der Waals surface area (Å²) in [6.45, 7) is 7.85. The number of carbonyl (C=O) groups is 2. The number of rotatable bonds is 4. The van der Waals surface area contributed by atoms with Crippen molar-refractivity contribution in [1.29, 1.82) is 0 Å². The molecular weight excluding hydrogens is 434 g/mol. The van der Waals surface area contributed by atoms with Crippen molar-refractivity contribution in [2.75, 3.05) is 12.0 Å². The minimum Gasteiger partial charge on any atom is -0.497 e. The van der Waals surface area contributed by atoms with Gasteiger partial charge in [-0.15, -0.1) is 0 Å². The van der Waals surface area contributed by atoms with E-state index in [1.807, 2.05) is 76.2 Å². The van der Waals surface area contributed by atoms with Crippen molar-refractivity contribution in [2.24, 2.45) is 0 Å². The molecule has 2 aromatic carbocycles. The van der Waals surface area contributed by atoms with E-state index in [0.29, 0.717) is 5.69 Å². The summed E-state index contributed by atoms with van der Waals surface area (Å²) in [5, 5.41) is 2.75. The summed E-state index contributed by atoms with van der Waals surface area (Å²) in [6, 6.07) is 15.4. The van der Waals surface area contributed by atoms with Crippen molar-refractivity contribution in [3.05, 3.63) is 82.2 Å². The van der Waals surface area contributed by atoms with Crippen LogP contribution in [-0.2, 0) is 9.59 Å². The van der Waals surface area contributed by atoms with Crippen LogP contribution in [0.1, 0.15) is 28.1 Å². The molecule has 7 heteroatoms. The SMILES string of the molecule is COc1ccc(-n2c(C)cc(/C=C3\C(=O)NC(=S)N(c4cccc(C)c4C)C3=O)c2C)cc1. The van der Waals surface area contributed by atoms with Gasteiger partial charge < -0.3 is 9.30 Å². The Kier molecular flexibility index (Phi) is 5.91. The molecule has 0 spiro atoms. The van der Waals surface area contributed by atoms with E-state index in [4.69, 9.17) is 17.0 Å². The van der Waals surface area contributed by atoms with Crippen LogP contribution in [0.15, 0.2) is 54.1 Å². The Labute approximate surface area is 198 Å². The lowest BCUT2D eigenvalue weighted by Gasteiger charge is -2.30. The van der Waals surface area contributed by atoms with Gasteiger partial charge in [-0.05, 0) is 99.1 Å². The number of thiocarbonyl (C=S) groups is 1. The molecule has 6 nitrogen and oxygen atoms in total. The van der Waals surface area contributed by atoms with Crippen LogP contribution in [0.25, 0.3) is 11.8 Å². The number of aryl methyl sites for hydroxylation is 2. The van der Waals surface area contributed by atoms with E-state index < -0.39 is 11.8 Å². The van der Waals surface area contributed by atoms with Crippen molar-refractivity contribution in [2.45, 2.75) is 27.7 Å². The van der Waals surface area contributed by atoms with Gasteiger partial charge >= 0.3 is 0 Å². The number of hydrogen-bond donors (Lipinski definition) is 1. The third-order valence-corrected chi connectivity index (χ3v) is 6.30. The molecule has 0 unspecified atom stereocenters. The number of amides is 2. The van der Waals surface area contributed by atoms with Crippen molar-refractivity contribution >= 4 is 40.9 Å². The second-order valence-electron chi connectivity index (χ2n) is 8.04. The standard InChI is InChI=1S/C26H25N3O3S/c1-15-7-6-8-23(17(15)3)29-25(31)22(24(30)27-26(29)33)14-19-13-16(2)28(18(19)4)20-9-11-21(32-5)12-10-20/h6-14H,1-5H3,(H,27,30,33)/b22-14+. The minimum atomic E-state index is -0.499. The first kappa shape index (κ1) is 22.5. The maximum atomic E-state index is 13.4. The Morgan fingerprint density at radius 2 is 1.70 bits per heavy atom. The molecule has 2 amide bonds. The predicted molar refractivity (Wildman–Crippen MR) is 134 cm³/mol. The summed E-state index contributed by atoms with van der Waals surface area (Å²) in [7, 11) is 1.63. The normalized spacial score (nSPS) is 15.2. The van der Waals surface area contributed by atoms with E-state index in [-0.39, 0.29) is 10.7 Å². The molecule has 1 saturated heterocycles. The summed E-state index contributed by atoms with van der Waals surface area (Å²) in [5.41, 5.74) is 6.32. The number of benzene rings is 2. The van der Waals surface area contributed by atoms with Gasteiger partial charge in [0.15, 0.2) is 5.11 Å². The highest BCUT2D eigenvalue weighted by molar-refractivity contribution is 7.80. The van der Waals surface area contributed by atoms with Gasteiger partial charge in [-0.3, -0.25) is 19.8 Å². The quantitative estimate of drug-likeness (QED) is 0.353. The molecule has 0 aliphatic carbocycles. The first-order valence-electron chi connectivity index (χ1n) is 10.5. The Balaban J connectivity index is 1.76. The molecule has 1 aliphatic heterocycles. The fourth-order valence-electron chi connectivity index (χ4n) is 4.07. The number of methoxy groups -OCH3 is 1.